The van der Waals surface area contributed by atoms with E-state index in [1.807, 2.05) is 11.8 Å². The Balaban J connectivity index is 1.78. The first-order valence-corrected chi connectivity index (χ1v) is 8.11. The summed E-state index contributed by atoms with van der Waals surface area (Å²) in [6.45, 7) is 7.29. The number of anilines is 1. The Labute approximate surface area is 113 Å². The highest BCUT2D eigenvalue weighted by Crippen LogP contribution is 2.50. The zero-order valence-electron chi connectivity index (χ0n) is 10.9. The Morgan fingerprint density at radius 1 is 1.33 bits per heavy atom. The molecule has 1 aromatic rings. The van der Waals surface area contributed by atoms with Crippen LogP contribution in [0.3, 0.4) is 0 Å². The van der Waals surface area contributed by atoms with Crippen molar-refractivity contribution in [2.75, 3.05) is 36.8 Å². The van der Waals surface area contributed by atoms with Gasteiger partial charge in [0.1, 0.15) is 0 Å². The van der Waals surface area contributed by atoms with Crippen LogP contribution >= 0.6 is 11.8 Å². The van der Waals surface area contributed by atoms with Gasteiger partial charge in [-0.3, -0.25) is 0 Å². The number of likely N-dealkylation sites (N-methyl/N-ethyl adjacent to an activating group) is 1. The second-order valence-electron chi connectivity index (χ2n) is 5.59. The topological polar surface area (TPSA) is 6.48 Å². The summed E-state index contributed by atoms with van der Waals surface area (Å²) in [5.41, 5.74) is 3.21. The Kier molecular flexibility index (Phi) is 2.59. The van der Waals surface area contributed by atoms with Crippen molar-refractivity contribution in [1.82, 2.24) is 4.90 Å². The monoisotopic (exact) mass is 260 g/mol. The first kappa shape index (κ1) is 11.2. The first-order valence-electron chi connectivity index (χ1n) is 7.13. The van der Waals surface area contributed by atoms with Gasteiger partial charge < -0.3 is 9.80 Å². The average Bonchev–Trinajstić information content (AvgIpc) is 2.76. The number of piperidine rings is 1. The second-order valence-corrected chi connectivity index (χ2v) is 6.73. The number of hydrogen-bond acceptors (Lipinski definition) is 3. The van der Waals surface area contributed by atoms with Crippen molar-refractivity contribution < 1.29 is 0 Å². The summed E-state index contributed by atoms with van der Waals surface area (Å²) in [6.07, 6.45) is 1.34. The van der Waals surface area contributed by atoms with Gasteiger partial charge in [0.05, 0.1) is 5.69 Å². The maximum atomic E-state index is 2.72. The summed E-state index contributed by atoms with van der Waals surface area (Å²) < 4.78 is 0. The minimum absolute atomic E-state index is 0.757. The van der Waals surface area contributed by atoms with Gasteiger partial charge in [0, 0.05) is 42.2 Å². The van der Waals surface area contributed by atoms with Gasteiger partial charge in [-0.15, -0.1) is 11.8 Å². The van der Waals surface area contributed by atoms with Crippen LogP contribution in [0.1, 0.15) is 24.8 Å². The fourth-order valence-electron chi connectivity index (χ4n) is 3.93. The van der Waals surface area contributed by atoms with Gasteiger partial charge in [-0.1, -0.05) is 19.1 Å². The van der Waals surface area contributed by atoms with E-state index < -0.39 is 0 Å². The molecule has 2 nitrogen and oxygen atoms in total. The predicted octanol–water partition coefficient (Wildman–Crippen LogP) is 2.79. The first-order chi connectivity index (χ1) is 8.88. The fraction of sp³-hybridized carbons (Fsp3) is 0.600. The number of benzene rings is 1. The third-order valence-electron chi connectivity index (χ3n) is 4.81. The third-order valence-corrected chi connectivity index (χ3v) is 5.84. The smallest absolute Gasteiger partial charge is 0.0544 e. The zero-order chi connectivity index (χ0) is 12.1. The molecule has 3 heteroatoms. The Morgan fingerprint density at radius 2 is 2.28 bits per heavy atom. The van der Waals surface area contributed by atoms with E-state index in [2.05, 4.69) is 34.9 Å². The normalized spacial score (nSPS) is 30.2. The predicted molar refractivity (Wildman–Crippen MR) is 77.8 cm³/mol. The second kappa shape index (κ2) is 4.17. The molecule has 0 N–H and O–H groups in total. The van der Waals surface area contributed by atoms with Crippen molar-refractivity contribution in [3.8, 4) is 0 Å². The largest absolute Gasteiger partial charge is 0.366 e. The lowest BCUT2D eigenvalue weighted by atomic mass is 9.89. The summed E-state index contributed by atoms with van der Waals surface area (Å²) in [6, 6.07) is 7.73. The summed E-state index contributed by atoms with van der Waals surface area (Å²) in [5, 5.41) is 0. The molecule has 4 rings (SSSR count). The highest BCUT2D eigenvalue weighted by Gasteiger charge is 2.43. The van der Waals surface area contributed by atoms with E-state index in [0.717, 1.165) is 12.0 Å². The molecule has 0 aromatic heterocycles. The summed E-state index contributed by atoms with van der Waals surface area (Å²) >= 11 is 2.04. The molecule has 0 saturated carbocycles. The van der Waals surface area contributed by atoms with Crippen molar-refractivity contribution >= 4 is 17.4 Å². The van der Waals surface area contributed by atoms with Crippen molar-refractivity contribution in [1.29, 1.82) is 0 Å². The number of hydrogen-bond donors (Lipinski definition) is 0. The Hall–Kier alpha value is -0.670. The molecule has 1 fully saturated rings. The molecule has 3 heterocycles. The third kappa shape index (κ3) is 1.47. The van der Waals surface area contributed by atoms with Crippen LogP contribution in [-0.2, 0) is 0 Å². The number of likely N-dealkylation sites (tertiary alicyclic amines) is 1. The van der Waals surface area contributed by atoms with E-state index in [-0.39, 0.29) is 0 Å². The molecule has 0 spiro atoms. The van der Waals surface area contributed by atoms with Crippen molar-refractivity contribution in [2.24, 2.45) is 0 Å². The van der Waals surface area contributed by atoms with E-state index >= 15 is 0 Å². The van der Waals surface area contributed by atoms with Crippen LogP contribution < -0.4 is 4.90 Å². The van der Waals surface area contributed by atoms with Crippen LogP contribution in [0.4, 0.5) is 5.69 Å². The van der Waals surface area contributed by atoms with Gasteiger partial charge in [0.15, 0.2) is 0 Å². The van der Waals surface area contributed by atoms with Gasteiger partial charge in [0.25, 0.3) is 0 Å². The summed E-state index contributed by atoms with van der Waals surface area (Å²) in [4.78, 5) is 6.86. The van der Waals surface area contributed by atoms with E-state index in [1.54, 1.807) is 11.3 Å². The van der Waals surface area contributed by atoms with Crippen molar-refractivity contribution in [3.63, 3.8) is 0 Å². The maximum Gasteiger partial charge on any atom is 0.0544 e. The van der Waals surface area contributed by atoms with Crippen LogP contribution in [0.25, 0.3) is 0 Å². The maximum absolute atomic E-state index is 2.72. The highest BCUT2D eigenvalue weighted by molar-refractivity contribution is 7.99. The number of para-hydroxylation sites is 1. The molecule has 0 bridgehead atoms. The molecule has 0 amide bonds. The molecule has 18 heavy (non-hydrogen) atoms. The molecule has 3 aliphatic heterocycles. The zero-order valence-corrected chi connectivity index (χ0v) is 11.7. The quantitative estimate of drug-likeness (QED) is 0.766. The van der Waals surface area contributed by atoms with Crippen LogP contribution in [0, 0.1) is 0 Å². The minimum atomic E-state index is 0.757. The number of fused-ring (bicyclic) bond motifs is 3. The van der Waals surface area contributed by atoms with Crippen LogP contribution in [0.15, 0.2) is 23.1 Å². The van der Waals surface area contributed by atoms with Gasteiger partial charge >= 0.3 is 0 Å². The van der Waals surface area contributed by atoms with Gasteiger partial charge in [-0.2, -0.15) is 0 Å². The van der Waals surface area contributed by atoms with E-state index in [0.29, 0.717) is 0 Å². The number of nitrogens with zero attached hydrogens (tertiary/aromatic N) is 2. The molecule has 0 unspecified atom stereocenters. The Bertz CT molecular complexity index is 474. The van der Waals surface area contributed by atoms with Gasteiger partial charge in [-0.05, 0) is 24.6 Å². The van der Waals surface area contributed by atoms with E-state index in [1.165, 1.54) is 43.2 Å². The Morgan fingerprint density at radius 3 is 3.17 bits per heavy atom. The molecule has 0 aliphatic carbocycles. The van der Waals surface area contributed by atoms with Gasteiger partial charge in [-0.25, -0.2) is 0 Å². The van der Waals surface area contributed by atoms with E-state index in [9.17, 15) is 0 Å². The lowest BCUT2D eigenvalue weighted by molar-refractivity contribution is 0.202. The molecule has 96 valence electrons. The van der Waals surface area contributed by atoms with Crippen LogP contribution in [-0.4, -0.2) is 42.9 Å². The molecule has 1 aromatic carbocycles. The summed E-state index contributed by atoms with van der Waals surface area (Å²) in [7, 11) is 0. The van der Waals surface area contributed by atoms with Crippen LogP contribution in [0.5, 0.6) is 0 Å². The summed E-state index contributed by atoms with van der Waals surface area (Å²) in [5.74, 6) is 2.02. The van der Waals surface area contributed by atoms with E-state index in [4.69, 9.17) is 0 Å². The average molecular weight is 260 g/mol. The fourth-order valence-corrected chi connectivity index (χ4v) is 4.99. The lowest BCUT2D eigenvalue weighted by Crippen LogP contribution is -2.47. The minimum Gasteiger partial charge on any atom is -0.366 e. The SMILES string of the molecule is CCN1CC[C@@H]2[C@@H](C1)c1cccc3c1N2CCS3. The van der Waals surface area contributed by atoms with Crippen LogP contribution in [0.2, 0.25) is 0 Å². The highest BCUT2D eigenvalue weighted by atomic mass is 32.2. The molecule has 2 atom stereocenters. The molecular formula is C15H20N2S. The van der Waals surface area contributed by atoms with Gasteiger partial charge in [0.2, 0.25) is 0 Å². The molecule has 0 radical (unpaired) electrons. The molecule has 1 saturated heterocycles. The number of rotatable bonds is 1. The van der Waals surface area contributed by atoms with Crippen molar-refractivity contribution in [2.45, 2.75) is 30.2 Å². The standard InChI is InChI=1S/C15H20N2S/c1-2-16-7-6-13-12(10-16)11-4-3-5-14-15(11)17(13)8-9-18-14/h3-5,12-13H,2,6-10H2,1H3/t12-,13+/m0/s1. The number of thioether (sulfide) groups is 1. The molecular weight excluding hydrogens is 240 g/mol. The lowest BCUT2D eigenvalue weighted by Gasteiger charge is -2.39. The van der Waals surface area contributed by atoms with Crippen molar-refractivity contribution in [3.05, 3.63) is 23.8 Å². The molecule has 3 aliphatic rings.